The Kier molecular flexibility index (Phi) is 2.70. The predicted octanol–water partition coefficient (Wildman–Crippen LogP) is 3.88. The SMILES string of the molecule is C=C(C)C1Cc2c(ccc3c2O[C@H]2c4ccc(O)cc4OC[C@@H]32)O1. The van der Waals surface area contributed by atoms with Crippen LogP contribution in [0.15, 0.2) is 42.5 Å². The zero-order chi connectivity index (χ0) is 16.4. The van der Waals surface area contributed by atoms with Crippen LogP contribution in [0.2, 0.25) is 0 Å². The van der Waals surface area contributed by atoms with Crippen molar-refractivity contribution >= 4 is 0 Å². The van der Waals surface area contributed by atoms with E-state index < -0.39 is 0 Å². The van der Waals surface area contributed by atoms with Gasteiger partial charge in [0.2, 0.25) is 0 Å². The molecule has 1 unspecified atom stereocenters. The Labute approximate surface area is 140 Å². The van der Waals surface area contributed by atoms with E-state index in [1.165, 1.54) is 5.56 Å². The normalized spacial score (nSPS) is 25.5. The Morgan fingerprint density at radius 2 is 1.96 bits per heavy atom. The summed E-state index contributed by atoms with van der Waals surface area (Å²) in [5, 5.41) is 9.66. The molecule has 0 aliphatic carbocycles. The molecule has 0 spiro atoms. The van der Waals surface area contributed by atoms with Gasteiger partial charge in [0.05, 0.1) is 12.5 Å². The van der Waals surface area contributed by atoms with Crippen molar-refractivity contribution in [2.75, 3.05) is 6.61 Å². The van der Waals surface area contributed by atoms with E-state index in [0.717, 1.165) is 34.6 Å². The smallest absolute Gasteiger partial charge is 0.138 e. The van der Waals surface area contributed by atoms with E-state index in [1.807, 2.05) is 19.1 Å². The highest BCUT2D eigenvalue weighted by atomic mass is 16.5. The van der Waals surface area contributed by atoms with Crippen LogP contribution >= 0.6 is 0 Å². The second-order valence-electron chi connectivity index (χ2n) is 6.80. The molecule has 3 heterocycles. The summed E-state index contributed by atoms with van der Waals surface area (Å²) in [7, 11) is 0. The van der Waals surface area contributed by atoms with Crippen LogP contribution in [0.3, 0.4) is 0 Å². The Bertz CT molecular complexity index is 870. The van der Waals surface area contributed by atoms with Crippen molar-refractivity contribution in [1.29, 1.82) is 0 Å². The quantitative estimate of drug-likeness (QED) is 0.810. The molecule has 0 aromatic heterocycles. The van der Waals surface area contributed by atoms with Gasteiger partial charge in [-0.1, -0.05) is 12.6 Å². The molecule has 122 valence electrons. The summed E-state index contributed by atoms with van der Waals surface area (Å²) < 4.78 is 18.2. The van der Waals surface area contributed by atoms with Crippen LogP contribution in [0.25, 0.3) is 0 Å². The summed E-state index contributed by atoms with van der Waals surface area (Å²) in [6.45, 7) is 6.56. The zero-order valence-electron chi connectivity index (χ0n) is 13.4. The number of phenols is 1. The van der Waals surface area contributed by atoms with Gasteiger partial charge in [0.15, 0.2) is 0 Å². The van der Waals surface area contributed by atoms with E-state index in [0.29, 0.717) is 12.4 Å². The van der Waals surface area contributed by atoms with Gasteiger partial charge >= 0.3 is 0 Å². The first kappa shape index (κ1) is 13.8. The van der Waals surface area contributed by atoms with E-state index in [9.17, 15) is 5.11 Å². The molecule has 5 rings (SSSR count). The van der Waals surface area contributed by atoms with Crippen molar-refractivity contribution in [3.05, 3.63) is 59.2 Å². The van der Waals surface area contributed by atoms with E-state index in [1.54, 1.807) is 12.1 Å². The molecule has 0 fully saturated rings. The van der Waals surface area contributed by atoms with Gasteiger partial charge in [-0.2, -0.15) is 0 Å². The molecule has 3 aliphatic rings. The molecule has 0 amide bonds. The third-order valence-electron chi connectivity index (χ3n) is 5.19. The molecule has 3 atom stereocenters. The molecule has 0 saturated heterocycles. The van der Waals surface area contributed by atoms with Gasteiger partial charge in [0.25, 0.3) is 0 Å². The van der Waals surface area contributed by atoms with Crippen LogP contribution in [0, 0.1) is 0 Å². The second kappa shape index (κ2) is 4.69. The molecule has 4 heteroatoms. The third-order valence-corrected chi connectivity index (χ3v) is 5.19. The molecule has 0 radical (unpaired) electrons. The lowest BCUT2D eigenvalue weighted by Crippen LogP contribution is -2.23. The van der Waals surface area contributed by atoms with E-state index in [2.05, 4.69) is 12.6 Å². The molecule has 1 N–H and O–H groups in total. The molecule has 2 aromatic carbocycles. The average molecular weight is 322 g/mol. The lowest BCUT2D eigenvalue weighted by molar-refractivity contribution is 0.138. The summed E-state index contributed by atoms with van der Waals surface area (Å²) in [4.78, 5) is 0. The Hall–Kier alpha value is -2.62. The largest absolute Gasteiger partial charge is 0.508 e. The number of hydrogen-bond donors (Lipinski definition) is 1. The van der Waals surface area contributed by atoms with Gasteiger partial charge in [-0.3, -0.25) is 0 Å². The first-order valence-corrected chi connectivity index (χ1v) is 8.22. The summed E-state index contributed by atoms with van der Waals surface area (Å²) in [5.41, 5.74) is 4.34. The van der Waals surface area contributed by atoms with E-state index >= 15 is 0 Å². The van der Waals surface area contributed by atoms with E-state index in [-0.39, 0.29) is 23.9 Å². The monoisotopic (exact) mass is 322 g/mol. The minimum Gasteiger partial charge on any atom is -0.508 e. The van der Waals surface area contributed by atoms with Crippen LogP contribution < -0.4 is 14.2 Å². The van der Waals surface area contributed by atoms with Crippen molar-refractivity contribution < 1.29 is 19.3 Å². The molecular formula is C20H18O4. The van der Waals surface area contributed by atoms with Gasteiger partial charge in [-0.05, 0) is 30.7 Å². The third kappa shape index (κ3) is 1.80. The fourth-order valence-corrected chi connectivity index (χ4v) is 3.91. The Morgan fingerprint density at radius 3 is 2.79 bits per heavy atom. The molecule has 2 aromatic rings. The van der Waals surface area contributed by atoms with Crippen LogP contribution in [0.1, 0.15) is 35.6 Å². The maximum Gasteiger partial charge on any atom is 0.138 e. The Balaban J connectivity index is 1.57. The second-order valence-corrected chi connectivity index (χ2v) is 6.80. The Morgan fingerprint density at radius 1 is 1.12 bits per heavy atom. The van der Waals surface area contributed by atoms with Crippen LogP contribution in [-0.2, 0) is 6.42 Å². The summed E-state index contributed by atoms with van der Waals surface area (Å²) in [6.07, 6.45) is 0.759. The first-order valence-electron chi connectivity index (χ1n) is 8.22. The van der Waals surface area contributed by atoms with Crippen molar-refractivity contribution in [2.24, 2.45) is 0 Å². The number of rotatable bonds is 1. The number of hydrogen-bond acceptors (Lipinski definition) is 4. The minimum atomic E-state index is -0.0697. The fourth-order valence-electron chi connectivity index (χ4n) is 3.91. The highest BCUT2D eigenvalue weighted by molar-refractivity contribution is 5.59. The maximum atomic E-state index is 9.66. The average Bonchev–Trinajstić information content (AvgIpc) is 3.15. The predicted molar refractivity (Wildman–Crippen MR) is 89.1 cm³/mol. The lowest BCUT2D eigenvalue weighted by atomic mass is 9.88. The number of fused-ring (bicyclic) bond motifs is 7. The van der Waals surface area contributed by atoms with Gasteiger partial charge in [-0.15, -0.1) is 0 Å². The summed E-state index contributed by atoms with van der Waals surface area (Å²) in [5.74, 6) is 2.92. The number of aromatic hydroxyl groups is 1. The van der Waals surface area contributed by atoms with Crippen LogP contribution in [0.5, 0.6) is 23.0 Å². The maximum absolute atomic E-state index is 9.66. The van der Waals surface area contributed by atoms with Gasteiger partial charge in [0.1, 0.15) is 35.2 Å². The topological polar surface area (TPSA) is 47.9 Å². The number of ether oxygens (including phenoxy) is 3. The number of benzene rings is 2. The van der Waals surface area contributed by atoms with Crippen molar-refractivity contribution in [1.82, 2.24) is 0 Å². The number of phenolic OH excluding ortho intramolecular Hbond substituents is 1. The van der Waals surface area contributed by atoms with E-state index in [4.69, 9.17) is 14.2 Å². The van der Waals surface area contributed by atoms with Gasteiger partial charge in [0, 0.05) is 29.2 Å². The van der Waals surface area contributed by atoms with Crippen molar-refractivity contribution in [3.63, 3.8) is 0 Å². The molecule has 0 bridgehead atoms. The molecule has 0 saturated carbocycles. The lowest BCUT2D eigenvalue weighted by Gasteiger charge is -2.27. The highest BCUT2D eigenvalue weighted by Crippen LogP contribution is 2.55. The molecular weight excluding hydrogens is 304 g/mol. The molecule has 3 aliphatic heterocycles. The summed E-state index contributed by atoms with van der Waals surface area (Å²) >= 11 is 0. The standard InChI is InChI=1S/C20H18O4/c1-10(2)17-8-14-16(23-17)6-5-12-15-9-22-18-7-11(21)3-4-13(18)20(15)24-19(12)14/h3-7,15,17,20-21H,1,8-9H2,2H3/t15-,17?,20-/m0/s1. The molecule has 4 nitrogen and oxygen atoms in total. The first-order chi connectivity index (χ1) is 11.6. The summed E-state index contributed by atoms with van der Waals surface area (Å²) in [6, 6.07) is 9.36. The van der Waals surface area contributed by atoms with Gasteiger partial charge < -0.3 is 19.3 Å². The highest BCUT2D eigenvalue weighted by Gasteiger charge is 2.43. The van der Waals surface area contributed by atoms with Crippen LogP contribution in [-0.4, -0.2) is 17.8 Å². The fraction of sp³-hybridized carbons (Fsp3) is 0.300. The molecule has 24 heavy (non-hydrogen) atoms. The zero-order valence-corrected chi connectivity index (χ0v) is 13.4. The van der Waals surface area contributed by atoms with Crippen molar-refractivity contribution in [2.45, 2.75) is 31.5 Å². The van der Waals surface area contributed by atoms with Gasteiger partial charge in [-0.25, -0.2) is 0 Å². The van der Waals surface area contributed by atoms with Crippen LogP contribution in [0.4, 0.5) is 0 Å². The van der Waals surface area contributed by atoms with Crippen molar-refractivity contribution in [3.8, 4) is 23.0 Å². The minimum absolute atomic E-state index is 0.0261.